The first-order valence-corrected chi connectivity index (χ1v) is 9.18. The molecule has 0 aliphatic carbocycles. The number of carbonyl (C=O) groups is 2. The van der Waals surface area contributed by atoms with Gasteiger partial charge in [-0.2, -0.15) is 0 Å². The molecule has 2 aromatic heterocycles. The number of hydrogen-bond donors (Lipinski definition) is 1. The van der Waals surface area contributed by atoms with Crippen LogP contribution in [0.2, 0.25) is 0 Å². The Kier molecular flexibility index (Phi) is 5.56. The van der Waals surface area contributed by atoms with Crippen molar-refractivity contribution in [2.75, 3.05) is 26.2 Å². The fraction of sp³-hybridized carbons (Fsp3) is 0.526. The molecule has 1 aliphatic rings. The molecular formula is C19H27N5O2. The van der Waals surface area contributed by atoms with Crippen LogP contribution >= 0.6 is 0 Å². The van der Waals surface area contributed by atoms with Crippen LogP contribution in [0.3, 0.4) is 0 Å². The van der Waals surface area contributed by atoms with Crippen molar-refractivity contribution in [3.05, 3.63) is 30.7 Å². The van der Waals surface area contributed by atoms with E-state index in [0.29, 0.717) is 39.1 Å². The van der Waals surface area contributed by atoms with E-state index in [1.807, 2.05) is 43.3 Å². The van der Waals surface area contributed by atoms with E-state index >= 15 is 0 Å². The van der Waals surface area contributed by atoms with E-state index in [4.69, 9.17) is 5.73 Å². The molecule has 0 spiro atoms. The highest BCUT2D eigenvalue weighted by atomic mass is 16.2. The van der Waals surface area contributed by atoms with E-state index in [-0.39, 0.29) is 17.7 Å². The van der Waals surface area contributed by atoms with E-state index < -0.39 is 6.04 Å². The topological polar surface area (TPSA) is 84.5 Å². The summed E-state index contributed by atoms with van der Waals surface area (Å²) in [5.74, 6) is 0.224. The molecule has 1 atom stereocenters. The first-order valence-electron chi connectivity index (χ1n) is 9.18. The summed E-state index contributed by atoms with van der Waals surface area (Å²) < 4.78 is 2.06. The normalized spacial score (nSPS) is 16.3. The molecular weight excluding hydrogens is 330 g/mol. The Bertz CT molecular complexity index is 777. The summed E-state index contributed by atoms with van der Waals surface area (Å²) in [6.45, 7) is 6.78. The van der Waals surface area contributed by atoms with Gasteiger partial charge in [-0.1, -0.05) is 13.8 Å². The van der Waals surface area contributed by atoms with Crippen LogP contribution in [0.1, 0.15) is 20.3 Å². The summed E-state index contributed by atoms with van der Waals surface area (Å²) in [5.41, 5.74) is 6.99. The number of amides is 2. The van der Waals surface area contributed by atoms with Crippen molar-refractivity contribution in [1.82, 2.24) is 19.4 Å². The Morgan fingerprint density at radius 3 is 2.54 bits per heavy atom. The number of pyridine rings is 1. The summed E-state index contributed by atoms with van der Waals surface area (Å²) in [6, 6.07) is 3.53. The van der Waals surface area contributed by atoms with Gasteiger partial charge in [-0.15, -0.1) is 0 Å². The molecule has 7 heteroatoms. The molecule has 26 heavy (non-hydrogen) atoms. The van der Waals surface area contributed by atoms with Crippen molar-refractivity contribution in [3.63, 3.8) is 0 Å². The Balaban J connectivity index is 1.50. The third-order valence-corrected chi connectivity index (χ3v) is 5.09. The van der Waals surface area contributed by atoms with Gasteiger partial charge in [0.25, 0.3) is 0 Å². The van der Waals surface area contributed by atoms with Crippen LogP contribution in [0.15, 0.2) is 30.7 Å². The highest BCUT2D eigenvalue weighted by Crippen LogP contribution is 2.15. The van der Waals surface area contributed by atoms with Crippen molar-refractivity contribution in [2.45, 2.75) is 32.9 Å². The van der Waals surface area contributed by atoms with Crippen LogP contribution in [-0.2, 0) is 16.1 Å². The Morgan fingerprint density at radius 1 is 1.15 bits per heavy atom. The number of fused-ring (bicyclic) bond motifs is 1. The lowest BCUT2D eigenvalue weighted by Gasteiger charge is -2.36. The maximum atomic E-state index is 12.5. The van der Waals surface area contributed by atoms with Crippen LogP contribution in [0.25, 0.3) is 10.9 Å². The second-order valence-electron chi connectivity index (χ2n) is 7.17. The Hall–Kier alpha value is -2.41. The average Bonchev–Trinajstić information content (AvgIpc) is 3.08. The highest BCUT2D eigenvalue weighted by Gasteiger charge is 2.28. The monoisotopic (exact) mass is 357 g/mol. The molecule has 3 heterocycles. The van der Waals surface area contributed by atoms with Gasteiger partial charge >= 0.3 is 0 Å². The molecule has 1 aliphatic heterocycles. The molecule has 1 fully saturated rings. The summed E-state index contributed by atoms with van der Waals surface area (Å²) in [6.07, 6.45) is 6.02. The lowest BCUT2D eigenvalue weighted by Crippen LogP contribution is -2.55. The van der Waals surface area contributed by atoms with Crippen LogP contribution in [0, 0.1) is 5.92 Å². The van der Waals surface area contributed by atoms with E-state index in [0.717, 1.165) is 10.9 Å². The van der Waals surface area contributed by atoms with Crippen LogP contribution in [0.4, 0.5) is 0 Å². The van der Waals surface area contributed by atoms with Gasteiger partial charge in [0.05, 0.1) is 17.8 Å². The lowest BCUT2D eigenvalue weighted by atomic mass is 10.0. The molecule has 140 valence electrons. The minimum Gasteiger partial charge on any atom is -0.346 e. The number of piperazine rings is 1. The van der Waals surface area contributed by atoms with Gasteiger partial charge in [0.1, 0.15) is 0 Å². The smallest absolute Gasteiger partial charge is 0.239 e. The molecule has 0 radical (unpaired) electrons. The number of nitrogens with two attached hydrogens (primary N) is 1. The van der Waals surface area contributed by atoms with Gasteiger partial charge in [0.2, 0.25) is 11.8 Å². The quantitative estimate of drug-likeness (QED) is 0.868. The molecule has 0 aromatic carbocycles. The molecule has 2 N–H and O–H groups in total. The van der Waals surface area contributed by atoms with Crippen LogP contribution < -0.4 is 5.73 Å². The largest absolute Gasteiger partial charge is 0.346 e. The third kappa shape index (κ3) is 3.88. The fourth-order valence-electron chi connectivity index (χ4n) is 3.27. The number of nitrogens with zero attached hydrogens (tertiary/aromatic N) is 4. The Morgan fingerprint density at radius 2 is 1.85 bits per heavy atom. The van der Waals surface area contributed by atoms with Crippen molar-refractivity contribution in [2.24, 2.45) is 11.7 Å². The first-order chi connectivity index (χ1) is 12.5. The maximum Gasteiger partial charge on any atom is 0.239 e. The molecule has 1 saturated heterocycles. The van der Waals surface area contributed by atoms with Crippen molar-refractivity contribution in [3.8, 4) is 0 Å². The van der Waals surface area contributed by atoms with E-state index in [9.17, 15) is 9.59 Å². The summed E-state index contributed by atoms with van der Waals surface area (Å²) in [4.78, 5) is 32.6. The van der Waals surface area contributed by atoms with Gasteiger partial charge in [-0.25, -0.2) is 0 Å². The van der Waals surface area contributed by atoms with Gasteiger partial charge in [0, 0.05) is 56.9 Å². The first kappa shape index (κ1) is 18.4. The zero-order valence-corrected chi connectivity index (χ0v) is 15.5. The van der Waals surface area contributed by atoms with Crippen molar-refractivity contribution in [1.29, 1.82) is 0 Å². The number of rotatable bonds is 5. The highest BCUT2D eigenvalue weighted by molar-refractivity contribution is 5.83. The molecule has 0 bridgehead atoms. The number of aryl methyl sites for hydroxylation is 1. The lowest BCUT2D eigenvalue weighted by molar-refractivity contribution is -0.141. The summed E-state index contributed by atoms with van der Waals surface area (Å²) in [7, 11) is 0. The van der Waals surface area contributed by atoms with E-state index in [2.05, 4.69) is 9.55 Å². The molecule has 7 nitrogen and oxygen atoms in total. The number of aromatic nitrogens is 2. The van der Waals surface area contributed by atoms with Gasteiger partial charge < -0.3 is 20.1 Å². The zero-order chi connectivity index (χ0) is 18.7. The summed E-state index contributed by atoms with van der Waals surface area (Å²) >= 11 is 0. The minimum absolute atomic E-state index is 0.0154. The van der Waals surface area contributed by atoms with Gasteiger partial charge in [-0.3, -0.25) is 14.6 Å². The van der Waals surface area contributed by atoms with Crippen LogP contribution in [0.5, 0.6) is 0 Å². The second-order valence-corrected chi connectivity index (χ2v) is 7.17. The Labute approximate surface area is 153 Å². The number of hydrogen-bond acceptors (Lipinski definition) is 4. The average molecular weight is 357 g/mol. The van der Waals surface area contributed by atoms with Gasteiger partial charge in [-0.05, 0) is 18.1 Å². The predicted octanol–water partition coefficient (Wildman–Crippen LogP) is 1.08. The molecule has 2 amide bonds. The van der Waals surface area contributed by atoms with Crippen molar-refractivity contribution < 1.29 is 9.59 Å². The SMILES string of the molecule is CC(C)C(N)C(=O)N1CCN(C(=O)CCn2ccc3ccncc32)CC1. The molecule has 3 rings (SSSR count). The van der Waals surface area contributed by atoms with Gasteiger partial charge in [0.15, 0.2) is 0 Å². The maximum absolute atomic E-state index is 12.5. The van der Waals surface area contributed by atoms with Crippen LogP contribution in [-0.4, -0.2) is 63.4 Å². The third-order valence-electron chi connectivity index (χ3n) is 5.09. The molecule has 2 aromatic rings. The standard InChI is InChI=1S/C19H27N5O2/c1-14(2)18(20)19(26)24-11-9-23(10-12-24)17(25)5-8-22-7-4-15-3-6-21-13-16(15)22/h3-4,6-7,13-14,18H,5,8-12,20H2,1-2H3. The zero-order valence-electron chi connectivity index (χ0n) is 15.5. The summed E-state index contributed by atoms with van der Waals surface area (Å²) in [5, 5.41) is 1.13. The molecule has 1 unspecified atom stereocenters. The molecule has 0 saturated carbocycles. The van der Waals surface area contributed by atoms with E-state index in [1.54, 1.807) is 11.1 Å². The number of carbonyl (C=O) groups excluding carboxylic acids is 2. The minimum atomic E-state index is -0.465. The van der Waals surface area contributed by atoms with Crippen molar-refractivity contribution >= 4 is 22.7 Å². The fourth-order valence-corrected chi connectivity index (χ4v) is 3.27. The second kappa shape index (κ2) is 7.86. The van der Waals surface area contributed by atoms with E-state index in [1.165, 1.54) is 0 Å². The predicted molar refractivity (Wildman–Crippen MR) is 100 cm³/mol.